The maximum absolute atomic E-state index is 6.19. The van der Waals surface area contributed by atoms with Gasteiger partial charge in [0.1, 0.15) is 0 Å². The van der Waals surface area contributed by atoms with Gasteiger partial charge in [0, 0.05) is 11.5 Å². The standard InChI is InChI=1S/C16H29NOS/c1-6-10-17-15(14-11-13(5)19-12-14)16(7-2,8-3)18-9-4/h11-12,15,17H,6-10H2,1-5H3. The molecule has 0 fully saturated rings. The topological polar surface area (TPSA) is 21.3 Å². The highest BCUT2D eigenvalue weighted by Gasteiger charge is 2.37. The molecular formula is C16H29NOS. The van der Waals surface area contributed by atoms with E-state index in [0.717, 1.165) is 32.4 Å². The van der Waals surface area contributed by atoms with Gasteiger partial charge >= 0.3 is 0 Å². The van der Waals surface area contributed by atoms with E-state index >= 15 is 0 Å². The molecule has 1 aromatic heterocycles. The average molecular weight is 283 g/mol. The molecule has 1 unspecified atom stereocenters. The summed E-state index contributed by atoms with van der Waals surface area (Å²) < 4.78 is 6.19. The van der Waals surface area contributed by atoms with Crippen molar-refractivity contribution in [3.63, 3.8) is 0 Å². The Morgan fingerprint density at radius 1 is 1.26 bits per heavy atom. The molecule has 1 aromatic rings. The van der Waals surface area contributed by atoms with Crippen LogP contribution in [-0.2, 0) is 4.74 Å². The van der Waals surface area contributed by atoms with E-state index in [4.69, 9.17) is 4.74 Å². The molecule has 0 radical (unpaired) electrons. The number of hydrogen-bond donors (Lipinski definition) is 1. The molecule has 0 amide bonds. The number of hydrogen-bond acceptors (Lipinski definition) is 3. The smallest absolute Gasteiger partial charge is 0.0871 e. The Hall–Kier alpha value is -0.380. The first-order chi connectivity index (χ1) is 9.13. The van der Waals surface area contributed by atoms with Crippen LogP contribution in [0.2, 0.25) is 0 Å². The van der Waals surface area contributed by atoms with E-state index in [1.165, 1.54) is 10.4 Å². The van der Waals surface area contributed by atoms with E-state index in [-0.39, 0.29) is 5.60 Å². The Balaban J connectivity index is 3.05. The summed E-state index contributed by atoms with van der Waals surface area (Å²) in [5, 5.41) is 5.99. The first-order valence-electron chi connectivity index (χ1n) is 7.55. The van der Waals surface area contributed by atoms with Crippen molar-refractivity contribution in [3.8, 4) is 0 Å². The van der Waals surface area contributed by atoms with E-state index in [9.17, 15) is 0 Å². The molecule has 1 atom stereocenters. The Labute approximate surface area is 122 Å². The van der Waals surface area contributed by atoms with Crippen molar-refractivity contribution in [1.29, 1.82) is 0 Å². The molecular weight excluding hydrogens is 254 g/mol. The molecule has 0 aliphatic heterocycles. The van der Waals surface area contributed by atoms with Crippen molar-refractivity contribution in [2.75, 3.05) is 13.2 Å². The van der Waals surface area contributed by atoms with Crippen molar-refractivity contribution in [1.82, 2.24) is 5.32 Å². The quantitative estimate of drug-likeness (QED) is 0.709. The van der Waals surface area contributed by atoms with E-state index in [2.05, 4.69) is 51.4 Å². The molecule has 0 saturated carbocycles. The van der Waals surface area contributed by atoms with E-state index in [0.29, 0.717) is 6.04 Å². The Morgan fingerprint density at radius 3 is 2.37 bits per heavy atom. The molecule has 3 heteroatoms. The van der Waals surface area contributed by atoms with Gasteiger partial charge in [-0.25, -0.2) is 0 Å². The number of rotatable bonds is 9. The monoisotopic (exact) mass is 283 g/mol. The molecule has 19 heavy (non-hydrogen) atoms. The summed E-state index contributed by atoms with van der Waals surface area (Å²) in [6, 6.07) is 2.60. The molecule has 0 aromatic carbocycles. The minimum absolute atomic E-state index is 0.0859. The zero-order valence-electron chi connectivity index (χ0n) is 13.1. The fraction of sp³-hybridized carbons (Fsp3) is 0.750. The Kier molecular flexibility index (Phi) is 7.05. The summed E-state index contributed by atoms with van der Waals surface area (Å²) in [5.41, 5.74) is 1.30. The lowest BCUT2D eigenvalue weighted by molar-refractivity contribution is -0.0731. The van der Waals surface area contributed by atoms with Crippen LogP contribution in [-0.4, -0.2) is 18.8 Å². The highest BCUT2D eigenvalue weighted by molar-refractivity contribution is 7.10. The van der Waals surface area contributed by atoms with Gasteiger partial charge in [-0.05, 0) is 56.7 Å². The van der Waals surface area contributed by atoms with Gasteiger partial charge in [-0.2, -0.15) is 0 Å². The van der Waals surface area contributed by atoms with Gasteiger partial charge in [0.25, 0.3) is 0 Å². The molecule has 0 aliphatic carbocycles. The maximum atomic E-state index is 6.19. The molecule has 1 rings (SSSR count). The van der Waals surface area contributed by atoms with Crippen LogP contribution in [0.3, 0.4) is 0 Å². The first-order valence-corrected chi connectivity index (χ1v) is 8.43. The van der Waals surface area contributed by atoms with Crippen LogP contribution in [0.1, 0.15) is 63.4 Å². The van der Waals surface area contributed by atoms with Gasteiger partial charge < -0.3 is 10.1 Å². The van der Waals surface area contributed by atoms with Gasteiger partial charge in [-0.3, -0.25) is 0 Å². The fourth-order valence-electron chi connectivity index (χ4n) is 2.74. The van der Waals surface area contributed by atoms with Crippen LogP contribution >= 0.6 is 11.3 Å². The van der Waals surface area contributed by atoms with Crippen LogP contribution in [0.25, 0.3) is 0 Å². The highest BCUT2D eigenvalue weighted by Crippen LogP contribution is 2.37. The number of aryl methyl sites for hydroxylation is 1. The van der Waals surface area contributed by atoms with Crippen molar-refractivity contribution in [2.45, 2.75) is 65.5 Å². The lowest BCUT2D eigenvalue weighted by Gasteiger charge is -2.40. The second-order valence-corrected chi connectivity index (χ2v) is 6.20. The lowest BCUT2D eigenvalue weighted by atomic mass is 9.84. The fourth-order valence-corrected chi connectivity index (χ4v) is 3.47. The Bertz CT molecular complexity index is 357. The van der Waals surface area contributed by atoms with Crippen molar-refractivity contribution in [2.24, 2.45) is 0 Å². The molecule has 110 valence electrons. The zero-order valence-corrected chi connectivity index (χ0v) is 13.9. The third-order valence-corrected chi connectivity index (χ3v) is 4.72. The minimum Gasteiger partial charge on any atom is -0.373 e. The van der Waals surface area contributed by atoms with Gasteiger partial charge in [-0.15, -0.1) is 11.3 Å². The van der Waals surface area contributed by atoms with Gasteiger partial charge in [0.2, 0.25) is 0 Å². The zero-order chi connectivity index (χ0) is 14.3. The molecule has 0 saturated heterocycles. The highest BCUT2D eigenvalue weighted by atomic mass is 32.1. The number of nitrogens with one attached hydrogen (secondary N) is 1. The van der Waals surface area contributed by atoms with E-state index in [1.807, 2.05) is 11.3 Å². The summed E-state index contributed by atoms with van der Waals surface area (Å²) in [6.07, 6.45) is 3.22. The van der Waals surface area contributed by atoms with Crippen LogP contribution in [0.15, 0.2) is 11.4 Å². The number of thiophene rings is 1. The summed E-state index contributed by atoms with van der Waals surface area (Å²) in [4.78, 5) is 1.37. The van der Waals surface area contributed by atoms with Gasteiger partial charge in [0.05, 0.1) is 11.6 Å². The van der Waals surface area contributed by atoms with Crippen LogP contribution in [0, 0.1) is 6.92 Å². The summed E-state index contributed by atoms with van der Waals surface area (Å²) in [6.45, 7) is 12.8. The van der Waals surface area contributed by atoms with Crippen molar-refractivity contribution >= 4 is 11.3 Å². The molecule has 0 spiro atoms. The molecule has 2 nitrogen and oxygen atoms in total. The summed E-state index contributed by atoms with van der Waals surface area (Å²) in [5.74, 6) is 0. The van der Waals surface area contributed by atoms with Crippen LogP contribution in [0.4, 0.5) is 0 Å². The number of ether oxygens (including phenoxy) is 1. The molecule has 1 heterocycles. The predicted octanol–water partition coefficient (Wildman–Crippen LogP) is 4.69. The lowest BCUT2D eigenvalue weighted by Crippen LogP contribution is -2.45. The summed E-state index contributed by atoms with van der Waals surface area (Å²) >= 11 is 1.83. The third kappa shape index (κ3) is 4.04. The third-order valence-electron chi connectivity index (χ3n) is 3.84. The van der Waals surface area contributed by atoms with E-state index < -0.39 is 0 Å². The largest absolute Gasteiger partial charge is 0.373 e. The van der Waals surface area contributed by atoms with Crippen molar-refractivity contribution in [3.05, 3.63) is 21.9 Å². The van der Waals surface area contributed by atoms with Gasteiger partial charge in [-0.1, -0.05) is 20.8 Å². The normalized spacial score (nSPS) is 13.7. The second kappa shape index (κ2) is 8.03. The van der Waals surface area contributed by atoms with Crippen LogP contribution < -0.4 is 5.32 Å². The first kappa shape index (κ1) is 16.7. The second-order valence-electron chi connectivity index (χ2n) is 5.08. The van der Waals surface area contributed by atoms with Crippen LogP contribution in [0.5, 0.6) is 0 Å². The van der Waals surface area contributed by atoms with E-state index in [1.54, 1.807) is 0 Å². The minimum atomic E-state index is -0.0859. The molecule has 0 aliphatic rings. The summed E-state index contributed by atoms with van der Waals surface area (Å²) in [7, 11) is 0. The SMILES string of the molecule is CCCNC(c1csc(C)c1)C(CC)(CC)OCC. The molecule has 1 N–H and O–H groups in total. The average Bonchev–Trinajstić information content (AvgIpc) is 2.84. The predicted molar refractivity (Wildman–Crippen MR) is 85.0 cm³/mol. The maximum Gasteiger partial charge on any atom is 0.0871 e. The molecule has 0 bridgehead atoms. The Morgan fingerprint density at radius 2 is 1.95 bits per heavy atom. The van der Waals surface area contributed by atoms with Gasteiger partial charge in [0.15, 0.2) is 0 Å². The van der Waals surface area contributed by atoms with Crippen molar-refractivity contribution < 1.29 is 4.74 Å².